The monoisotopic (exact) mass is 293 g/mol. The second-order valence-electron chi connectivity index (χ2n) is 4.55. The Hall–Kier alpha value is -0.710. The second kappa shape index (κ2) is 5.51. The molecule has 1 aromatic heterocycles. The first-order valence-electron chi connectivity index (χ1n) is 6.30. The van der Waals surface area contributed by atoms with E-state index in [-0.39, 0.29) is 0 Å². The third kappa shape index (κ3) is 2.37. The van der Waals surface area contributed by atoms with Crippen LogP contribution in [-0.2, 0) is 0 Å². The third-order valence-corrected chi connectivity index (χ3v) is 6.37. The van der Waals surface area contributed by atoms with Crippen LogP contribution in [0.25, 0.3) is 11.1 Å². The number of rotatable bonds is 2. The van der Waals surface area contributed by atoms with E-state index in [0.717, 1.165) is 3.82 Å². The van der Waals surface area contributed by atoms with Gasteiger partial charge in [-0.2, -0.15) is 0 Å². The molecule has 2 aromatic rings. The average Bonchev–Trinajstić information content (AvgIpc) is 2.83. The van der Waals surface area contributed by atoms with E-state index in [9.17, 15) is 0 Å². The van der Waals surface area contributed by atoms with Gasteiger partial charge in [-0.1, -0.05) is 63.2 Å². The molecule has 1 aromatic carbocycles. The average molecular weight is 293 g/mol. The number of piperidine rings is 1. The molecule has 1 aliphatic rings. The van der Waals surface area contributed by atoms with E-state index in [4.69, 9.17) is 12.2 Å². The van der Waals surface area contributed by atoms with E-state index >= 15 is 0 Å². The van der Waals surface area contributed by atoms with Gasteiger partial charge in [0.05, 0.1) is 0 Å². The van der Waals surface area contributed by atoms with Crippen LogP contribution in [0.4, 0.5) is 5.00 Å². The van der Waals surface area contributed by atoms with Crippen LogP contribution >= 0.6 is 32.9 Å². The van der Waals surface area contributed by atoms with Gasteiger partial charge in [0.15, 0.2) is 0 Å². The van der Waals surface area contributed by atoms with E-state index in [2.05, 4.69) is 35.2 Å². The van der Waals surface area contributed by atoms with Crippen LogP contribution < -0.4 is 4.90 Å². The second-order valence-corrected chi connectivity index (χ2v) is 7.34. The summed E-state index contributed by atoms with van der Waals surface area (Å²) in [5.41, 5.74) is 2.54. The summed E-state index contributed by atoms with van der Waals surface area (Å²) in [5, 5.41) is 1.39. The lowest BCUT2D eigenvalue weighted by atomic mass is 10.1. The highest BCUT2D eigenvalue weighted by atomic mass is 32.9. The highest BCUT2D eigenvalue weighted by Crippen LogP contribution is 2.41. The number of anilines is 1. The molecule has 94 valence electrons. The maximum Gasteiger partial charge on any atom is 0.112 e. The van der Waals surface area contributed by atoms with Crippen molar-refractivity contribution in [3.8, 4) is 11.1 Å². The summed E-state index contributed by atoms with van der Waals surface area (Å²) in [6.07, 6.45) is 3.99. The van der Waals surface area contributed by atoms with Crippen LogP contribution in [0.3, 0.4) is 0 Å². The van der Waals surface area contributed by atoms with Crippen LogP contribution in [0.2, 0.25) is 0 Å². The molecule has 0 amide bonds. The normalized spacial score (nSPS) is 15.9. The number of nitrogens with zero attached hydrogens (tertiary/aromatic N) is 1. The minimum absolute atomic E-state index is 1.03. The summed E-state index contributed by atoms with van der Waals surface area (Å²) in [7, 11) is 3.58. The first-order valence-corrected chi connectivity index (χ1v) is 8.85. The summed E-state index contributed by atoms with van der Waals surface area (Å²) < 4.78 is 1.03. The van der Waals surface area contributed by atoms with E-state index in [1.165, 1.54) is 48.5 Å². The molecule has 3 rings (SSSR count). The van der Waals surface area contributed by atoms with Gasteiger partial charge in [-0.25, -0.2) is 0 Å². The van der Waals surface area contributed by atoms with Crippen molar-refractivity contribution in [1.29, 1.82) is 0 Å². The van der Waals surface area contributed by atoms with Crippen molar-refractivity contribution in [3.05, 3.63) is 34.2 Å². The van der Waals surface area contributed by atoms with Gasteiger partial charge in [-0.3, -0.25) is 0 Å². The van der Waals surface area contributed by atoms with Crippen LogP contribution in [-0.4, -0.2) is 13.1 Å². The van der Waals surface area contributed by atoms with Crippen LogP contribution in [0, 0.1) is 3.82 Å². The van der Waals surface area contributed by atoms with Crippen molar-refractivity contribution in [2.24, 2.45) is 0 Å². The highest BCUT2D eigenvalue weighted by molar-refractivity contribution is 7.80. The fourth-order valence-electron chi connectivity index (χ4n) is 2.40. The summed E-state index contributed by atoms with van der Waals surface area (Å²) in [4.78, 5) is 2.52. The zero-order chi connectivity index (χ0) is 12.4. The molecular weight excluding hydrogens is 278 g/mol. The number of hydrogen-bond donors (Lipinski definition) is 0. The van der Waals surface area contributed by atoms with Gasteiger partial charge in [-0.15, -0.1) is 0 Å². The van der Waals surface area contributed by atoms with Gasteiger partial charge >= 0.3 is 0 Å². The molecule has 0 bridgehead atoms. The molecule has 0 aliphatic carbocycles. The molecule has 4 heteroatoms. The largest absolute Gasteiger partial charge is 0.362 e. The van der Waals surface area contributed by atoms with E-state index in [0.29, 0.717) is 0 Å². The molecule has 0 unspecified atom stereocenters. The van der Waals surface area contributed by atoms with Crippen molar-refractivity contribution in [1.82, 2.24) is 0 Å². The Balaban J connectivity index is 2.04. The molecule has 1 saturated heterocycles. The van der Waals surface area contributed by atoms with Gasteiger partial charge in [0.1, 0.15) is 8.82 Å². The van der Waals surface area contributed by atoms with Crippen molar-refractivity contribution in [3.63, 3.8) is 0 Å². The van der Waals surface area contributed by atoms with Gasteiger partial charge in [0, 0.05) is 18.7 Å². The van der Waals surface area contributed by atoms with Crippen LogP contribution in [0.15, 0.2) is 30.3 Å². The first kappa shape index (κ1) is 12.3. The minimum atomic E-state index is 1.03. The van der Waals surface area contributed by atoms with Gasteiger partial charge < -0.3 is 4.90 Å². The SMILES string of the molecule is S=c1ssc(N2CCCCC2)c1-c1ccccc1. The summed E-state index contributed by atoms with van der Waals surface area (Å²) in [6.45, 7) is 2.36. The summed E-state index contributed by atoms with van der Waals surface area (Å²) in [5.74, 6) is 0. The highest BCUT2D eigenvalue weighted by Gasteiger charge is 2.18. The van der Waals surface area contributed by atoms with E-state index in [1.807, 2.05) is 10.3 Å². The Morgan fingerprint density at radius 3 is 2.39 bits per heavy atom. The standard InChI is InChI=1S/C14H15NS3/c16-14-12(11-7-3-1-4-8-11)13(17-18-14)15-9-5-2-6-10-15/h1,3-4,7-8H,2,5-6,9-10H2. The molecule has 2 heterocycles. The predicted molar refractivity (Wildman–Crippen MR) is 84.5 cm³/mol. The molecule has 1 fully saturated rings. The van der Waals surface area contributed by atoms with Crippen molar-refractivity contribution >= 4 is 37.9 Å². The maximum absolute atomic E-state index is 5.53. The zero-order valence-corrected chi connectivity index (χ0v) is 12.5. The van der Waals surface area contributed by atoms with Crippen molar-refractivity contribution in [2.45, 2.75) is 19.3 Å². The van der Waals surface area contributed by atoms with E-state index in [1.54, 1.807) is 10.3 Å². The smallest absolute Gasteiger partial charge is 0.112 e. The first-order chi connectivity index (χ1) is 8.86. The topological polar surface area (TPSA) is 3.24 Å². The molecule has 0 atom stereocenters. The fraction of sp³-hybridized carbons (Fsp3) is 0.357. The molecule has 0 radical (unpaired) electrons. The van der Waals surface area contributed by atoms with Gasteiger partial charge in [0.2, 0.25) is 0 Å². The van der Waals surface area contributed by atoms with Crippen LogP contribution in [0.5, 0.6) is 0 Å². The molecule has 0 N–H and O–H groups in total. The third-order valence-electron chi connectivity index (χ3n) is 3.32. The Labute approximate surface area is 120 Å². The molecule has 1 nitrogen and oxygen atoms in total. The Kier molecular flexibility index (Phi) is 3.77. The number of benzene rings is 1. The van der Waals surface area contributed by atoms with Gasteiger partial charge in [-0.05, 0) is 24.8 Å². The summed E-state index contributed by atoms with van der Waals surface area (Å²) in [6, 6.07) is 10.6. The van der Waals surface area contributed by atoms with Crippen molar-refractivity contribution < 1.29 is 0 Å². The molecule has 0 spiro atoms. The lowest BCUT2D eigenvalue weighted by Gasteiger charge is -2.28. The van der Waals surface area contributed by atoms with Crippen molar-refractivity contribution in [2.75, 3.05) is 18.0 Å². The molecule has 1 aliphatic heterocycles. The lowest BCUT2D eigenvalue weighted by Crippen LogP contribution is -2.28. The Bertz CT molecular complexity index is 564. The summed E-state index contributed by atoms with van der Waals surface area (Å²) >= 11 is 5.53. The number of hydrogen-bond acceptors (Lipinski definition) is 4. The molecule has 0 saturated carbocycles. The lowest BCUT2D eigenvalue weighted by molar-refractivity contribution is 0.581. The zero-order valence-electron chi connectivity index (χ0n) is 10.1. The quantitative estimate of drug-likeness (QED) is 0.553. The van der Waals surface area contributed by atoms with Crippen LogP contribution in [0.1, 0.15) is 19.3 Å². The predicted octanol–water partition coefficient (Wildman–Crippen LogP) is 5.20. The fourth-order valence-corrected chi connectivity index (χ4v) is 5.38. The molecule has 18 heavy (non-hydrogen) atoms. The minimum Gasteiger partial charge on any atom is -0.362 e. The Morgan fingerprint density at radius 1 is 0.944 bits per heavy atom. The van der Waals surface area contributed by atoms with E-state index < -0.39 is 0 Å². The molecular formula is C14H15NS3. The van der Waals surface area contributed by atoms with Gasteiger partial charge in [0.25, 0.3) is 0 Å². The Morgan fingerprint density at radius 2 is 1.67 bits per heavy atom. The maximum atomic E-state index is 5.53.